The minimum absolute atomic E-state index is 0.0575. The molecular formula is C23H30ClN3O. The van der Waals surface area contributed by atoms with Gasteiger partial charge in [0.05, 0.1) is 11.7 Å². The first kappa shape index (κ1) is 20.8. The average molecular weight is 400 g/mol. The number of amides is 1. The molecule has 1 atom stereocenters. The van der Waals surface area contributed by atoms with Gasteiger partial charge in [-0.15, -0.1) is 0 Å². The molecule has 4 nitrogen and oxygen atoms in total. The molecule has 1 aromatic heterocycles. The molecule has 1 unspecified atom stereocenters. The van der Waals surface area contributed by atoms with Crippen molar-refractivity contribution in [1.82, 2.24) is 14.8 Å². The quantitative estimate of drug-likeness (QED) is 0.741. The van der Waals surface area contributed by atoms with Gasteiger partial charge in [-0.1, -0.05) is 29.8 Å². The van der Waals surface area contributed by atoms with E-state index in [0.29, 0.717) is 5.02 Å². The Morgan fingerprint density at radius 2 is 1.79 bits per heavy atom. The zero-order chi connectivity index (χ0) is 20.3. The first-order chi connectivity index (χ1) is 13.3. The van der Waals surface area contributed by atoms with Crippen molar-refractivity contribution in [2.24, 2.45) is 5.92 Å². The lowest BCUT2D eigenvalue weighted by atomic mass is 9.91. The lowest BCUT2D eigenvalue weighted by molar-refractivity contribution is -0.137. The average Bonchev–Trinajstić information content (AvgIpc) is 2.69. The molecule has 28 heavy (non-hydrogen) atoms. The molecular weight excluding hydrogens is 370 g/mol. The van der Waals surface area contributed by atoms with Crippen LogP contribution in [0.1, 0.15) is 50.9 Å². The van der Waals surface area contributed by atoms with E-state index in [4.69, 9.17) is 11.6 Å². The van der Waals surface area contributed by atoms with Gasteiger partial charge in [0.1, 0.15) is 0 Å². The van der Waals surface area contributed by atoms with Crippen LogP contribution >= 0.6 is 11.6 Å². The molecule has 2 aromatic rings. The van der Waals surface area contributed by atoms with Gasteiger partial charge in [0.15, 0.2) is 0 Å². The van der Waals surface area contributed by atoms with Crippen LogP contribution in [0.3, 0.4) is 0 Å². The molecule has 150 valence electrons. The second kappa shape index (κ2) is 8.62. The Hall–Kier alpha value is -1.91. The van der Waals surface area contributed by atoms with E-state index in [0.717, 1.165) is 37.2 Å². The summed E-state index contributed by atoms with van der Waals surface area (Å²) in [5, 5.41) is 0.687. The fourth-order valence-electron chi connectivity index (χ4n) is 3.99. The molecule has 1 fully saturated rings. The number of hydrogen-bond donors (Lipinski definition) is 0. The predicted octanol–water partition coefficient (Wildman–Crippen LogP) is 4.79. The van der Waals surface area contributed by atoms with Crippen molar-refractivity contribution in [1.29, 1.82) is 0 Å². The second-order valence-electron chi connectivity index (χ2n) is 8.59. The van der Waals surface area contributed by atoms with Crippen LogP contribution in [0.5, 0.6) is 0 Å². The highest BCUT2D eigenvalue weighted by atomic mass is 35.5. The molecule has 3 rings (SSSR count). The Morgan fingerprint density at radius 1 is 1.14 bits per heavy atom. The van der Waals surface area contributed by atoms with Gasteiger partial charge in [-0.05, 0) is 76.5 Å². The lowest BCUT2D eigenvalue weighted by Crippen LogP contribution is -2.49. The largest absolute Gasteiger partial charge is 0.333 e. The third-order valence-corrected chi connectivity index (χ3v) is 5.93. The normalized spacial score (nSPS) is 17.3. The Kier molecular flexibility index (Phi) is 6.41. The lowest BCUT2D eigenvalue weighted by Gasteiger charge is -2.41. The van der Waals surface area contributed by atoms with Gasteiger partial charge in [-0.3, -0.25) is 14.7 Å². The van der Waals surface area contributed by atoms with Gasteiger partial charge in [-0.25, -0.2) is 0 Å². The van der Waals surface area contributed by atoms with Crippen LogP contribution in [0.25, 0.3) is 0 Å². The molecule has 0 spiro atoms. The Balaban J connectivity index is 1.81. The van der Waals surface area contributed by atoms with Gasteiger partial charge in [0.25, 0.3) is 0 Å². The topological polar surface area (TPSA) is 36.4 Å². The number of nitrogens with zero attached hydrogens (tertiary/aromatic N) is 3. The third kappa shape index (κ3) is 4.73. The monoisotopic (exact) mass is 399 g/mol. The molecule has 0 saturated carbocycles. The summed E-state index contributed by atoms with van der Waals surface area (Å²) in [7, 11) is 1.90. The number of carbonyl (C=O) groups excluding carboxylic acids is 1. The molecule has 0 aliphatic carbocycles. The summed E-state index contributed by atoms with van der Waals surface area (Å²) in [5.41, 5.74) is 2.04. The van der Waals surface area contributed by atoms with E-state index in [-0.39, 0.29) is 23.4 Å². The standard InChI is InChI=1S/C23H30ClN3O/c1-23(2,3)27-15-12-18(13-16-27)22(28)26(4)21(20-7-5-6-14-25-20)17-8-10-19(24)11-9-17/h5-11,14,18,21H,12-13,15-16H2,1-4H3. The molecule has 5 heteroatoms. The maximum absolute atomic E-state index is 13.4. The van der Waals surface area contributed by atoms with Gasteiger partial charge in [-0.2, -0.15) is 0 Å². The summed E-state index contributed by atoms with van der Waals surface area (Å²) in [5.74, 6) is 0.251. The number of aromatic nitrogens is 1. The van der Waals surface area contributed by atoms with E-state index in [9.17, 15) is 4.79 Å². The summed E-state index contributed by atoms with van der Waals surface area (Å²) < 4.78 is 0. The number of halogens is 1. The van der Waals surface area contributed by atoms with E-state index < -0.39 is 0 Å². The van der Waals surface area contributed by atoms with E-state index in [1.165, 1.54) is 0 Å². The summed E-state index contributed by atoms with van der Waals surface area (Å²) in [6.45, 7) is 8.63. The first-order valence-electron chi connectivity index (χ1n) is 9.95. The minimum atomic E-state index is -0.216. The minimum Gasteiger partial charge on any atom is -0.333 e. The SMILES string of the molecule is CN(C(=O)C1CCN(C(C)(C)C)CC1)C(c1ccc(Cl)cc1)c1ccccn1. The Morgan fingerprint density at radius 3 is 2.32 bits per heavy atom. The molecule has 0 radical (unpaired) electrons. The highest BCUT2D eigenvalue weighted by molar-refractivity contribution is 6.30. The van der Waals surface area contributed by atoms with Gasteiger partial charge in [0.2, 0.25) is 5.91 Å². The molecule has 1 aliphatic rings. The fourth-order valence-corrected chi connectivity index (χ4v) is 4.11. The molecule has 1 amide bonds. The number of carbonyl (C=O) groups is 1. The summed E-state index contributed by atoms with van der Waals surface area (Å²) in [6.07, 6.45) is 3.57. The summed E-state index contributed by atoms with van der Waals surface area (Å²) >= 11 is 6.08. The van der Waals surface area contributed by atoms with Crippen LogP contribution in [0.4, 0.5) is 0 Å². The van der Waals surface area contributed by atoms with Crippen LogP contribution in [-0.2, 0) is 4.79 Å². The summed E-state index contributed by atoms with van der Waals surface area (Å²) in [6, 6.07) is 13.3. The Bertz CT molecular complexity index is 778. The first-order valence-corrected chi connectivity index (χ1v) is 10.3. The van der Waals surface area contributed by atoms with E-state index in [2.05, 4.69) is 30.7 Å². The van der Waals surface area contributed by atoms with E-state index in [1.807, 2.05) is 54.4 Å². The fraction of sp³-hybridized carbons (Fsp3) is 0.478. The molecule has 1 aromatic carbocycles. The second-order valence-corrected chi connectivity index (χ2v) is 9.03. The van der Waals surface area contributed by atoms with Crippen LogP contribution in [0.15, 0.2) is 48.7 Å². The van der Waals surface area contributed by atoms with E-state index >= 15 is 0 Å². The highest BCUT2D eigenvalue weighted by Gasteiger charge is 2.34. The van der Waals surface area contributed by atoms with Crippen molar-refractivity contribution in [3.8, 4) is 0 Å². The number of piperidine rings is 1. The smallest absolute Gasteiger partial charge is 0.226 e. The maximum atomic E-state index is 13.4. The van der Waals surface area contributed by atoms with Crippen molar-refractivity contribution < 1.29 is 4.79 Å². The number of benzene rings is 1. The molecule has 0 N–H and O–H groups in total. The predicted molar refractivity (Wildman–Crippen MR) is 114 cm³/mol. The number of rotatable bonds is 4. The number of hydrogen-bond acceptors (Lipinski definition) is 3. The van der Waals surface area contributed by atoms with Crippen molar-refractivity contribution in [3.63, 3.8) is 0 Å². The maximum Gasteiger partial charge on any atom is 0.226 e. The van der Waals surface area contributed by atoms with Gasteiger partial charge < -0.3 is 4.90 Å². The van der Waals surface area contributed by atoms with E-state index in [1.54, 1.807) is 6.20 Å². The van der Waals surface area contributed by atoms with Crippen molar-refractivity contribution in [2.75, 3.05) is 20.1 Å². The third-order valence-electron chi connectivity index (χ3n) is 5.68. The molecule has 1 aliphatic heterocycles. The van der Waals surface area contributed by atoms with Crippen molar-refractivity contribution in [3.05, 3.63) is 64.9 Å². The summed E-state index contributed by atoms with van der Waals surface area (Å²) in [4.78, 5) is 22.2. The van der Waals surface area contributed by atoms with Crippen LogP contribution in [0.2, 0.25) is 5.02 Å². The van der Waals surface area contributed by atoms with Crippen molar-refractivity contribution in [2.45, 2.75) is 45.2 Å². The van der Waals surface area contributed by atoms with Crippen molar-refractivity contribution >= 4 is 17.5 Å². The highest BCUT2D eigenvalue weighted by Crippen LogP contribution is 2.31. The zero-order valence-electron chi connectivity index (χ0n) is 17.2. The zero-order valence-corrected chi connectivity index (χ0v) is 18.0. The Labute approximate surface area is 173 Å². The van der Waals surface area contributed by atoms with Crippen LogP contribution < -0.4 is 0 Å². The van der Waals surface area contributed by atoms with Gasteiger partial charge in [0, 0.05) is 29.7 Å². The van der Waals surface area contributed by atoms with Crippen LogP contribution in [-0.4, -0.2) is 46.4 Å². The number of pyridine rings is 1. The van der Waals surface area contributed by atoms with Crippen LogP contribution in [0, 0.1) is 5.92 Å². The molecule has 0 bridgehead atoms. The van der Waals surface area contributed by atoms with Gasteiger partial charge >= 0.3 is 0 Å². The number of likely N-dealkylation sites (tertiary alicyclic amines) is 1. The molecule has 1 saturated heterocycles. The molecule has 2 heterocycles.